The summed E-state index contributed by atoms with van der Waals surface area (Å²) in [6, 6.07) is 3.03. The summed E-state index contributed by atoms with van der Waals surface area (Å²) in [5, 5.41) is 12.0. The average molecular weight is 403 g/mol. The Bertz CT molecular complexity index is 853. The lowest BCUT2D eigenvalue weighted by atomic mass is 10.1. The largest absolute Gasteiger partial charge is 0.481 e. The molecule has 1 fully saturated rings. The normalized spacial score (nSPS) is 19.8. The molecular weight excluding hydrogens is 395 g/mol. The van der Waals surface area contributed by atoms with Crippen LogP contribution >= 0.6 is 47.2 Å². The van der Waals surface area contributed by atoms with Crippen LogP contribution in [-0.4, -0.2) is 38.7 Å². The van der Waals surface area contributed by atoms with Crippen molar-refractivity contribution in [3.63, 3.8) is 0 Å². The van der Waals surface area contributed by atoms with Crippen LogP contribution in [0.1, 0.15) is 12.0 Å². The van der Waals surface area contributed by atoms with Crippen LogP contribution in [0.5, 0.6) is 0 Å². The number of carbonyl (C=O) groups excluding carboxylic acids is 2. The molecule has 0 aliphatic carbocycles. The first-order chi connectivity index (χ1) is 11.3. The quantitative estimate of drug-likeness (QED) is 0.596. The molecule has 124 valence electrons. The minimum Gasteiger partial charge on any atom is -0.481 e. The lowest BCUT2D eigenvalue weighted by Gasteiger charge is -2.12. The van der Waals surface area contributed by atoms with Gasteiger partial charge in [-0.25, -0.2) is 0 Å². The Morgan fingerprint density at radius 1 is 1.33 bits per heavy atom. The molecule has 10 heteroatoms. The Balaban J connectivity index is 2.05. The number of carboxylic acid groups (broad SMARTS) is 1. The molecule has 2 aliphatic heterocycles. The molecule has 1 aromatic carbocycles. The molecule has 6 nitrogen and oxygen atoms in total. The highest BCUT2D eigenvalue weighted by Crippen LogP contribution is 2.45. The number of fused-ring (bicyclic) bond motifs is 1. The van der Waals surface area contributed by atoms with Crippen molar-refractivity contribution in [2.45, 2.75) is 6.42 Å². The van der Waals surface area contributed by atoms with Gasteiger partial charge in [0.2, 0.25) is 0 Å². The van der Waals surface area contributed by atoms with Crippen LogP contribution in [0.4, 0.5) is 5.69 Å². The number of amides is 2. The minimum atomic E-state index is -1.04. The zero-order valence-corrected chi connectivity index (χ0v) is 14.9. The molecule has 0 aromatic heterocycles. The van der Waals surface area contributed by atoms with E-state index < -0.39 is 17.8 Å². The second kappa shape index (κ2) is 6.36. The maximum absolute atomic E-state index is 12.6. The third kappa shape index (κ3) is 2.90. The summed E-state index contributed by atoms with van der Waals surface area (Å²) in [7, 11) is 0. The molecule has 1 saturated heterocycles. The van der Waals surface area contributed by atoms with Crippen molar-refractivity contribution in [3.8, 4) is 0 Å². The molecule has 2 aliphatic rings. The lowest BCUT2D eigenvalue weighted by Crippen LogP contribution is -2.30. The molecule has 2 heterocycles. The molecule has 0 saturated carbocycles. The number of rotatable bonds is 3. The van der Waals surface area contributed by atoms with Gasteiger partial charge in [0.1, 0.15) is 4.32 Å². The average Bonchev–Trinajstić information content (AvgIpc) is 2.94. The third-order valence-corrected chi connectivity index (χ3v) is 5.38. The van der Waals surface area contributed by atoms with Gasteiger partial charge < -0.3 is 10.4 Å². The summed E-state index contributed by atoms with van der Waals surface area (Å²) in [6.45, 7) is -0.0540. The Kier molecular flexibility index (Phi) is 4.56. The van der Waals surface area contributed by atoms with E-state index in [-0.39, 0.29) is 32.8 Å². The Morgan fingerprint density at radius 3 is 2.71 bits per heavy atom. The van der Waals surface area contributed by atoms with Crippen LogP contribution in [0.15, 0.2) is 17.0 Å². The molecule has 0 bridgehead atoms. The minimum absolute atomic E-state index is 0.0540. The number of hydrogen-bond acceptors (Lipinski definition) is 5. The number of thioether (sulfide) groups is 1. The lowest BCUT2D eigenvalue weighted by molar-refractivity contribution is -0.137. The van der Waals surface area contributed by atoms with Crippen LogP contribution < -0.4 is 5.32 Å². The zero-order chi connectivity index (χ0) is 17.6. The Labute approximate surface area is 155 Å². The predicted octanol–water partition coefficient (Wildman–Crippen LogP) is 2.99. The van der Waals surface area contributed by atoms with Crippen molar-refractivity contribution in [3.05, 3.63) is 32.6 Å². The second-order valence-corrected chi connectivity index (χ2v) is 7.42. The van der Waals surface area contributed by atoms with Gasteiger partial charge in [-0.2, -0.15) is 0 Å². The monoisotopic (exact) mass is 402 g/mol. The summed E-state index contributed by atoms with van der Waals surface area (Å²) < 4.78 is 0.207. The first-order valence-corrected chi connectivity index (χ1v) is 8.58. The number of aliphatic carboxylic acids is 1. The first kappa shape index (κ1) is 17.2. The number of nitrogens with one attached hydrogen (secondary N) is 1. The van der Waals surface area contributed by atoms with Gasteiger partial charge in [0.15, 0.2) is 0 Å². The predicted molar refractivity (Wildman–Crippen MR) is 96.2 cm³/mol. The van der Waals surface area contributed by atoms with Crippen molar-refractivity contribution >= 4 is 80.5 Å². The maximum Gasteiger partial charge on any atom is 0.305 e. The van der Waals surface area contributed by atoms with Crippen LogP contribution in [0.3, 0.4) is 0 Å². The van der Waals surface area contributed by atoms with Gasteiger partial charge in [0.25, 0.3) is 11.8 Å². The fraction of sp³-hybridized carbons (Fsp3) is 0.143. The fourth-order valence-electron chi connectivity index (χ4n) is 2.37. The van der Waals surface area contributed by atoms with E-state index in [0.717, 1.165) is 11.8 Å². The number of thiocarbonyl (C=S) groups is 1. The number of carboxylic acids is 1. The van der Waals surface area contributed by atoms with Gasteiger partial charge in [0.05, 0.1) is 27.6 Å². The third-order valence-electron chi connectivity index (χ3n) is 3.42. The molecule has 24 heavy (non-hydrogen) atoms. The van der Waals surface area contributed by atoms with E-state index >= 15 is 0 Å². The van der Waals surface area contributed by atoms with Crippen molar-refractivity contribution in [1.29, 1.82) is 0 Å². The van der Waals surface area contributed by atoms with Gasteiger partial charge in [-0.1, -0.05) is 47.2 Å². The van der Waals surface area contributed by atoms with Crippen LogP contribution in [0.25, 0.3) is 5.57 Å². The van der Waals surface area contributed by atoms with E-state index in [1.165, 1.54) is 11.0 Å². The van der Waals surface area contributed by atoms with Gasteiger partial charge >= 0.3 is 5.97 Å². The molecule has 0 unspecified atom stereocenters. The number of anilines is 1. The van der Waals surface area contributed by atoms with Crippen LogP contribution in [0.2, 0.25) is 10.0 Å². The van der Waals surface area contributed by atoms with E-state index in [4.69, 9.17) is 40.5 Å². The van der Waals surface area contributed by atoms with Gasteiger partial charge in [-0.15, -0.1) is 0 Å². The highest BCUT2D eigenvalue weighted by molar-refractivity contribution is 8.26. The molecule has 3 rings (SSSR count). The molecule has 0 atom stereocenters. The van der Waals surface area contributed by atoms with E-state index in [2.05, 4.69) is 5.32 Å². The smallest absolute Gasteiger partial charge is 0.305 e. The molecule has 2 N–H and O–H groups in total. The topological polar surface area (TPSA) is 86.7 Å². The second-order valence-electron chi connectivity index (χ2n) is 4.94. The fourth-order valence-corrected chi connectivity index (χ4v) is 4.30. The highest BCUT2D eigenvalue weighted by Gasteiger charge is 2.39. The standard InChI is InChI=1S/C14H8Cl2N2O4S2/c15-5-3-6-9(12(21)17-10(6)7(16)4-5)11-13(22)18(14(23)24-11)2-1-8(19)20/h3-4H,1-2H2,(H,17,21)(H,19,20)/b11-9-. The molecule has 0 radical (unpaired) electrons. The number of carbonyl (C=O) groups is 3. The summed E-state index contributed by atoms with van der Waals surface area (Å²) >= 11 is 18.1. The van der Waals surface area contributed by atoms with E-state index in [0.29, 0.717) is 16.3 Å². The maximum atomic E-state index is 12.6. The molecule has 0 spiro atoms. The number of nitrogens with zero attached hydrogens (tertiary/aromatic N) is 1. The van der Waals surface area contributed by atoms with Crippen molar-refractivity contribution < 1.29 is 19.5 Å². The molecular formula is C14H8Cl2N2O4S2. The van der Waals surface area contributed by atoms with E-state index in [9.17, 15) is 14.4 Å². The summed E-state index contributed by atoms with van der Waals surface area (Å²) in [4.78, 5) is 36.9. The number of hydrogen-bond donors (Lipinski definition) is 2. The Hall–Kier alpha value is -1.61. The number of halogens is 2. The highest BCUT2D eigenvalue weighted by atomic mass is 35.5. The molecule has 2 amide bonds. The summed E-state index contributed by atoms with van der Waals surface area (Å²) in [5.41, 5.74) is 0.956. The first-order valence-electron chi connectivity index (χ1n) is 6.60. The van der Waals surface area contributed by atoms with Crippen molar-refractivity contribution in [1.82, 2.24) is 4.90 Å². The van der Waals surface area contributed by atoms with E-state index in [1.807, 2.05) is 0 Å². The number of benzene rings is 1. The Morgan fingerprint density at radius 2 is 2.04 bits per heavy atom. The SMILES string of the molecule is O=C(O)CCN1C(=O)/C(=C2/C(=O)Nc3c(Cl)cc(Cl)cc32)SC1=S. The van der Waals surface area contributed by atoms with Crippen LogP contribution in [-0.2, 0) is 14.4 Å². The van der Waals surface area contributed by atoms with Gasteiger partial charge in [-0.3, -0.25) is 19.3 Å². The van der Waals surface area contributed by atoms with E-state index in [1.54, 1.807) is 6.07 Å². The summed E-state index contributed by atoms with van der Waals surface area (Å²) in [6.07, 6.45) is -0.241. The van der Waals surface area contributed by atoms with Crippen molar-refractivity contribution in [2.75, 3.05) is 11.9 Å². The van der Waals surface area contributed by atoms with Crippen molar-refractivity contribution in [2.24, 2.45) is 0 Å². The van der Waals surface area contributed by atoms with Crippen LogP contribution in [0, 0.1) is 0 Å². The zero-order valence-electron chi connectivity index (χ0n) is 11.8. The van der Waals surface area contributed by atoms with Gasteiger partial charge in [-0.05, 0) is 12.1 Å². The van der Waals surface area contributed by atoms with Gasteiger partial charge in [0, 0.05) is 17.1 Å². The summed E-state index contributed by atoms with van der Waals surface area (Å²) in [5.74, 6) is -2.02. The molecule has 1 aromatic rings.